The van der Waals surface area contributed by atoms with Crippen LogP contribution in [-0.2, 0) is 6.54 Å². The highest BCUT2D eigenvalue weighted by atomic mass is 16.2. The molecule has 0 atom stereocenters. The van der Waals surface area contributed by atoms with E-state index in [1.54, 1.807) is 6.07 Å². The number of anilines is 1. The highest BCUT2D eigenvalue weighted by Crippen LogP contribution is 2.24. The largest absolute Gasteiger partial charge is 0.399 e. The lowest BCUT2D eigenvalue weighted by Gasteiger charge is -2.13. The Balaban J connectivity index is 2.31. The second-order valence-electron chi connectivity index (χ2n) is 3.64. The summed E-state index contributed by atoms with van der Waals surface area (Å²) in [5.41, 5.74) is 8.27. The highest BCUT2D eigenvalue weighted by molar-refractivity contribution is 5.98. The molecular weight excluding hydrogens is 176 g/mol. The van der Waals surface area contributed by atoms with Gasteiger partial charge >= 0.3 is 0 Å². The third-order valence-corrected chi connectivity index (χ3v) is 2.50. The summed E-state index contributed by atoms with van der Waals surface area (Å²) in [5.74, 6) is 0.141. The molecule has 0 spiro atoms. The van der Waals surface area contributed by atoms with E-state index in [1.807, 2.05) is 17.0 Å². The molecule has 1 heterocycles. The van der Waals surface area contributed by atoms with Gasteiger partial charge in [-0.15, -0.1) is 0 Å². The maximum absolute atomic E-state index is 11.8. The van der Waals surface area contributed by atoms with Gasteiger partial charge in [-0.25, -0.2) is 0 Å². The molecule has 1 amide bonds. The Kier molecular flexibility index (Phi) is 2.15. The lowest BCUT2D eigenvalue weighted by atomic mass is 10.1. The second-order valence-corrected chi connectivity index (χ2v) is 3.64. The molecule has 1 aromatic rings. The Labute approximate surface area is 83.5 Å². The molecule has 14 heavy (non-hydrogen) atoms. The van der Waals surface area contributed by atoms with Crippen LogP contribution in [0, 0.1) is 0 Å². The molecule has 0 bridgehead atoms. The standard InChI is InChI=1S/C11H14N2O/c1-2-5-13-7-8-6-9(12)3-4-10(8)11(13)14/h3-4,6H,2,5,7,12H2,1H3. The summed E-state index contributed by atoms with van der Waals surface area (Å²) >= 11 is 0. The molecule has 3 heteroatoms. The van der Waals surface area contributed by atoms with Crippen LogP contribution in [0.2, 0.25) is 0 Å². The maximum atomic E-state index is 11.8. The fraction of sp³-hybridized carbons (Fsp3) is 0.364. The molecule has 0 radical (unpaired) electrons. The summed E-state index contributed by atoms with van der Waals surface area (Å²) in [4.78, 5) is 13.6. The van der Waals surface area contributed by atoms with Gasteiger partial charge in [0.25, 0.3) is 5.91 Å². The van der Waals surface area contributed by atoms with Gasteiger partial charge in [0.1, 0.15) is 0 Å². The zero-order valence-corrected chi connectivity index (χ0v) is 8.29. The van der Waals surface area contributed by atoms with Gasteiger partial charge in [0.05, 0.1) is 0 Å². The predicted molar refractivity (Wildman–Crippen MR) is 55.9 cm³/mol. The molecule has 0 saturated heterocycles. The average Bonchev–Trinajstić information content (AvgIpc) is 2.44. The third kappa shape index (κ3) is 1.35. The van der Waals surface area contributed by atoms with E-state index in [9.17, 15) is 4.79 Å². The molecule has 2 N–H and O–H groups in total. The molecule has 0 saturated carbocycles. The minimum atomic E-state index is 0.141. The first-order valence-corrected chi connectivity index (χ1v) is 4.90. The van der Waals surface area contributed by atoms with E-state index in [0.717, 1.165) is 29.8 Å². The Morgan fingerprint density at radius 1 is 1.50 bits per heavy atom. The minimum absolute atomic E-state index is 0.141. The van der Waals surface area contributed by atoms with Gasteiger partial charge in [0.15, 0.2) is 0 Å². The Morgan fingerprint density at radius 3 is 3.00 bits per heavy atom. The van der Waals surface area contributed by atoms with Crippen molar-refractivity contribution in [2.75, 3.05) is 12.3 Å². The van der Waals surface area contributed by atoms with E-state index in [4.69, 9.17) is 5.73 Å². The highest BCUT2D eigenvalue weighted by Gasteiger charge is 2.26. The van der Waals surface area contributed by atoms with Crippen LogP contribution in [0.3, 0.4) is 0 Å². The van der Waals surface area contributed by atoms with Crippen molar-refractivity contribution in [2.24, 2.45) is 0 Å². The smallest absolute Gasteiger partial charge is 0.254 e. The molecular formula is C11H14N2O. The van der Waals surface area contributed by atoms with Crippen molar-refractivity contribution in [1.82, 2.24) is 4.90 Å². The molecule has 1 aromatic carbocycles. The Bertz CT molecular complexity index is 374. The Hall–Kier alpha value is -1.51. The van der Waals surface area contributed by atoms with Gasteiger partial charge in [-0.3, -0.25) is 4.79 Å². The number of carbonyl (C=O) groups is 1. The summed E-state index contributed by atoms with van der Waals surface area (Å²) in [6.45, 7) is 3.62. The van der Waals surface area contributed by atoms with Crippen LogP contribution in [0.4, 0.5) is 5.69 Å². The van der Waals surface area contributed by atoms with Crippen molar-refractivity contribution in [2.45, 2.75) is 19.9 Å². The van der Waals surface area contributed by atoms with Crippen LogP contribution in [-0.4, -0.2) is 17.4 Å². The summed E-state index contributed by atoms with van der Waals surface area (Å²) in [7, 11) is 0. The topological polar surface area (TPSA) is 46.3 Å². The monoisotopic (exact) mass is 190 g/mol. The molecule has 0 unspecified atom stereocenters. The minimum Gasteiger partial charge on any atom is -0.399 e. The lowest BCUT2D eigenvalue weighted by Crippen LogP contribution is -2.24. The number of nitrogens with two attached hydrogens (primary N) is 1. The van der Waals surface area contributed by atoms with Crippen molar-refractivity contribution < 1.29 is 4.79 Å². The van der Waals surface area contributed by atoms with E-state index in [1.165, 1.54) is 0 Å². The van der Waals surface area contributed by atoms with Gasteiger partial charge < -0.3 is 10.6 Å². The number of fused-ring (bicyclic) bond motifs is 1. The van der Waals surface area contributed by atoms with E-state index >= 15 is 0 Å². The van der Waals surface area contributed by atoms with Crippen LogP contribution in [0.15, 0.2) is 18.2 Å². The van der Waals surface area contributed by atoms with Gasteiger partial charge in [-0.2, -0.15) is 0 Å². The van der Waals surface area contributed by atoms with Crippen LogP contribution in [0.25, 0.3) is 0 Å². The number of hydrogen-bond donors (Lipinski definition) is 1. The first-order valence-electron chi connectivity index (χ1n) is 4.90. The number of benzene rings is 1. The number of nitrogen functional groups attached to an aromatic ring is 1. The second kappa shape index (κ2) is 3.33. The molecule has 0 aliphatic carbocycles. The zero-order chi connectivity index (χ0) is 10.1. The Morgan fingerprint density at radius 2 is 2.29 bits per heavy atom. The number of amides is 1. The SMILES string of the molecule is CCCN1Cc2cc(N)ccc2C1=O. The molecule has 1 aliphatic rings. The van der Waals surface area contributed by atoms with Crippen molar-refractivity contribution in [3.63, 3.8) is 0 Å². The number of rotatable bonds is 2. The van der Waals surface area contributed by atoms with Crippen LogP contribution in [0.5, 0.6) is 0 Å². The van der Waals surface area contributed by atoms with E-state index in [-0.39, 0.29) is 5.91 Å². The van der Waals surface area contributed by atoms with E-state index in [2.05, 4.69) is 6.92 Å². The summed E-state index contributed by atoms with van der Waals surface area (Å²) in [5, 5.41) is 0. The average molecular weight is 190 g/mol. The first kappa shape index (κ1) is 9.06. The number of hydrogen-bond acceptors (Lipinski definition) is 2. The summed E-state index contributed by atoms with van der Waals surface area (Å²) in [6, 6.07) is 5.50. The molecule has 1 aliphatic heterocycles. The fourth-order valence-corrected chi connectivity index (χ4v) is 1.85. The van der Waals surface area contributed by atoms with Crippen LogP contribution < -0.4 is 5.73 Å². The van der Waals surface area contributed by atoms with Crippen molar-refractivity contribution in [3.8, 4) is 0 Å². The molecule has 2 rings (SSSR count). The first-order chi connectivity index (χ1) is 6.72. The summed E-state index contributed by atoms with van der Waals surface area (Å²) in [6.07, 6.45) is 0.995. The van der Waals surface area contributed by atoms with Crippen LogP contribution >= 0.6 is 0 Å². The van der Waals surface area contributed by atoms with Crippen molar-refractivity contribution >= 4 is 11.6 Å². The van der Waals surface area contributed by atoms with Crippen LogP contribution in [0.1, 0.15) is 29.3 Å². The molecule has 3 nitrogen and oxygen atoms in total. The van der Waals surface area contributed by atoms with Crippen molar-refractivity contribution in [3.05, 3.63) is 29.3 Å². The van der Waals surface area contributed by atoms with Gasteiger partial charge in [-0.05, 0) is 30.2 Å². The molecule has 0 fully saturated rings. The predicted octanol–water partition coefficient (Wildman–Crippen LogP) is 1.63. The fourth-order valence-electron chi connectivity index (χ4n) is 1.85. The normalized spacial score (nSPS) is 14.6. The van der Waals surface area contributed by atoms with Crippen molar-refractivity contribution in [1.29, 1.82) is 0 Å². The third-order valence-electron chi connectivity index (χ3n) is 2.50. The number of carbonyl (C=O) groups excluding carboxylic acids is 1. The lowest BCUT2D eigenvalue weighted by molar-refractivity contribution is 0.0778. The number of nitrogens with zero attached hydrogens (tertiary/aromatic N) is 1. The van der Waals surface area contributed by atoms with E-state index in [0.29, 0.717) is 6.54 Å². The quantitative estimate of drug-likeness (QED) is 0.720. The summed E-state index contributed by atoms with van der Waals surface area (Å²) < 4.78 is 0. The van der Waals surface area contributed by atoms with Gasteiger partial charge in [-0.1, -0.05) is 6.92 Å². The van der Waals surface area contributed by atoms with Gasteiger partial charge in [0.2, 0.25) is 0 Å². The maximum Gasteiger partial charge on any atom is 0.254 e. The molecule has 74 valence electrons. The zero-order valence-electron chi connectivity index (χ0n) is 8.29. The van der Waals surface area contributed by atoms with Gasteiger partial charge in [0, 0.05) is 24.3 Å². The molecule has 0 aromatic heterocycles. The van der Waals surface area contributed by atoms with E-state index < -0.39 is 0 Å².